The number of halogens is 2. The summed E-state index contributed by atoms with van der Waals surface area (Å²) in [4.78, 5) is 13.0. The Bertz CT molecular complexity index is 1630. The van der Waals surface area contributed by atoms with Crippen LogP contribution in [0.3, 0.4) is 0 Å². The molecule has 202 valence electrons. The molecular formula is C29H28Cl2N4O3S. The molecule has 0 bridgehead atoms. The predicted molar refractivity (Wildman–Crippen MR) is 158 cm³/mol. The molecule has 1 aromatic heterocycles. The number of aromatic nitrogens is 1. The number of nitrogens with zero attached hydrogens (tertiary/aromatic N) is 3. The highest BCUT2D eigenvalue weighted by atomic mass is 35.5. The maximum atomic E-state index is 13.5. The molecule has 0 aliphatic carbocycles. The van der Waals surface area contributed by atoms with Crippen molar-refractivity contribution in [2.75, 3.05) is 10.8 Å². The Morgan fingerprint density at radius 1 is 0.923 bits per heavy atom. The standard InChI is InChI=1S/C29H28Cl2N4O3S/c1-19-9-8-10-20(2)29(19)35-21(3)13-23(22(35)4)17-32-33-28(36)18-34(26-15-24(30)14-25(31)16-26)39(37,38)27-11-6-5-7-12-27/h5-17H,18H2,1-4H3,(H,33,36)/b32-17+. The first-order valence-electron chi connectivity index (χ1n) is 12.1. The average Bonchev–Trinajstić information content (AvgIpc) is 3.15. The topological polar surface area (TPSA) is 83.8 Å². The number of hydrogen-bond acceptors (Lipinski definition) is 4. The zero-order chi connectivity index (χ0) is 28.3. The molecule has 3 aromatic carbocycles. The Morgan fingerprint density at radius 2 is 1.54 bits per heavy atom. The second-order valence-electron chi connectivity index (χ2n) is 9.15. The molecule has 7 nitrogen and oxygen atoms in total. The summed E-state index contributed by atoms with van der Waals surface area (Å²) in [7, 11) is -4.11. The zero-order valence-electron chi connectivity index (χ0n) is 21.9. The van der Waals surface area contributed by atoms with E-state index in [1.807, 2.05) is 26.0 Å². The highest BCUT2D eigenvalue weighted by molar-refractivity contribution is 7.92. The number of carbonyl (C=O) groups excluding carboxylic acids is 1. The number of aryl methyl sites for hydroxylation is 3. The first-order valence-corrected chi connectivity index (χ1v) is 14.3. The number of rotatable bonds is 8. The number of hydrogen-bond donors (Lipinski definition) is 1. The largest absolute Gasteiger partial charge is 0.317 e. The van der Waals surface area contributed by atoms with E-state index in [2.05, 4.69) is 41.1 Å². The monoisotopic (exact) mass is 582 g/mol. The third kappa shape index (κ3) is 6.19. The maximum Gasteiger partial charge on any atom is 0.264 e. The molecule has 0 aliphatic heterocycles. The number of hydrazone groups is 1. The van der Waals surface area contributed by atoms with E-state index in [-0.39, 0.29) is 20.6 Å². The Balaban J connectivity index is 1.59. The number of nitrogens with one attached hydrogen (secondary N) is 1. The lowest BCUT2D eigenvalue weighted by atomic mass is 10.1. The third-order valence-corrected chi connectivity index (χ3v) is 8.50. The van der Waals surface area contributed by atoms with E-state index in [1.54, 1.807) is 24.4 Å². The summed E-state index contributed by atoms with van der Waals surface area (Å²) in [5.41, 5.74) is 8.83. The van der Waals surface area contributed by atoms with Crippen molar-refractivity contribution in [2.45, 2.75) is 32.6 Å². The van der Waals surface area contributed by atoms with Crippen molar-refractivity contribution in [2.24, 2.45) is 5.10 Å². The summed E-state index contributed by atoms with van der Waals surface area (Å²) in [6.45, 7) is 7.60. The second-order valence-corrected chi connectivity index (χ2v) is 11.9. The second kappa shape index (κ2) is 11.7. The fourth-order valence-electron chi connectivity index (χ4n) is 4.48. The Labute approximate surface area is 238 Å². The van der Waals surface area contributed by atoms with Crippen molar-refractivity contribution in [1.82, 2.24) is 9.99 Å². The molecule has 10 heteroatoms. The lowest BCUT2D eigenvalue weighted by Gasteiger charge is -2.24. The van der Waals surface area contributed by atoms with Gasteiger partial charge in [0.1, 0.15) is 6.54 Å². The summed E-state index contributed by atoms with van der Waals surface area (Å²) in [6.07, 6.45) is 1.55. The van der Waals surface area contributed by atoms with Crippen molar-refractivity contribution < 1.29 is 13.2 Å². The number of anilines is 1. The molecule has 0 unspecified atom stereocenters. The van der Waals surface area contributed by atoms with Gasteiger partial charge in [0.15, 0.2) is 0 Å². The van der Waals surface area contributed by atoms with Gasteiger partial charge >= 0.3 is 0 Å². The molecular weight excluding hydrogens is 555 g/mol. The van der Waals surface area contributed by atoms with E-state index in [1.165, 1.54) is 30.3 Å². The molecule has 1 N–H and O–H groups in total. The van der Waals surface area contributed by atoms with Crippen molar-refractivity contribution in [1.29, 1.82) is 0 Å². The van der Waals surface area contributed by atoms with Gasteiger partial charge in [0, 0.05) is 27.0 Å². The number of sulfonamides is 1. The van der Waals surface area contributed by atoms with Gasteiger partial charge in [0.2, 0.25) is 0 Å². The number of benzene rings is 3. The molecule has 0 spiro atoms. The number of amides is 1. The molecule has 0 saturated heterocycles. The third-order valence-electron chi connectivity index (χ3n) is 6.28. The van der Waals surface area contributed by atoms with Crippen LogP contribution in [0.15, 0.2) is 82.8 Å². The zero-order valence-corrected chi connectivity index (χ0v) is 24.3. The van der Waals surface area contributed by atoms with Crippen LogP contribution in [-0.4, -0.2) is 31.7 Å². The highest BCUT2D eigenvalue weighted by Crippen LogP contribution is 2.30. The SMILES string of the molecule is Cc1cccc(C)c1-n1c(C)cc(/C=N/NC(=O)CN(c2cc(Cl)cc(Cl)c2)S(=O)(=O)c2ccccc2)c1C. The van der Waals surface area contributed by atoms with Crippen LogP contribution in [0.25, 0.3) is 5.69 Å². The van der Waals surface area contributed by atoms with Crippen LogP contribution < -0.4 is 9.73 Å². The normalized spacial score (nSPS) is 11.6. The minimum Gasteiger partial charge on any atom is -0.317 e. The van der Waals surface area contributed by atoms with E-state index >= 15 is 0 Å². The van der Waals surface area contributed by atoms with Gasteiger partial charge in [0.25, 0.3) is 15.9 Å². The predicted octanol–water partition coefficient (Wildman–Crippen LogP) is 6.36. The van der Waals surface area contributed by atoms with Crippen LogP contribution in [0.1, 0.15) is 28.1 Å². The van der Waals surface area contributed by atoms with Crippen LogP contribution in [0.5, 0.6) is 0 Å². The van der Waals surface area contributed by atoms with Crippen LogP contribution >= 0.6 is 23.2 Å². The molecule has 0 aliphatic rings. The fourth-order valence-corrected chi connectivity index (χ4v) is 6.42. The molecule has 39 heavy (non-hydrogen) atoms. The Morgan fingerprint density at radius 3 is 2.15 bits per heavy atom. The molecule has 0 saturated carbocycles. The first kappa shape index (κ1) is 28.4. The highest BCUT2D eigenvalue weighted by Gasteiger charge is 2.27. The van der Waals surface area contributed by atoms with Gasteiger partial charge in [-0.2, -0.15) is 5.10 Å². The Kier molecular flexibility index (Phi) is 8.49. The van der Waals surface area contributed by atoms with E-state index in [9.17, 15) is 13.2 Å². The quantitative estimate of drug-likeness (QED) is 0.194. The van der Waals surface area contributed by atoms with Gasteiger partial charge in [-0.1, -0.05) is 59.6 Å². The minimum atomic E-state index is -4.11. The number of para-hydroxylation sites is 1. The van der Waals surface area contributed by atoms with Crippen LogP contribution in [0, 0.1) is 27.7 Å². The van der Waals surface area contributed by atoms with Gasteiger partial charge in [-0.3, -0.25) is 9.10 Å². The van der Waals surface area contributed by atoms with Crippen molar-refractivity contribution in [3.8, 4) is 5.69 Å². The molecule has 1 amide bonds. The summed E-state index contributed by atoms with van der Waals surface area (Å²) < 4.78 is 30.1. The van der Waals surface area contributed by atoms with Gasteiger partial charge in [-0.15, -0.1) is 0 Å². The molecule has 0 fully saturated rings. The van der Waals surface area contributed by atoms with Gasteiger partial charge in [0.05, 0.1) is 22.5 Å². The molecule has 0 atom stereocenters. The van der Waals surface area contributed by atoms with Crippen LogP contribution in [-0.2, 0) is 14.8 Å². The Hall–Kier alpha value is -3.59. The summed E-state index contributed by atoms with van der Waals surface area (Å²) in [6, 6.07) is 20.3. The fraction of sp³-hybridized carbons (Fsp3) is 0.172. The smallest absolute Gasteiger partial charge is 0.264 e. The lowest BCUT2D eigenvalue weighted by molar-refractivity contribution is -0.119. The van der Waals surface area contributed by atoms with Crippen LogP contribution in [0.2, 0.25) is 10.0 Å². The minimum absolute atomic E-state index is 0.0244. The summed E-state index contributed by atoms with van der Waals surface area (Å²) in [5.74, 6) is -0.634. The van der Waals surface area contributed by atoms with Crippen molar-refractivity contribution in [3.63, 3.8) is 0 Å². The van der Waals surface area contributed by atoms with Crippen molar-refractivity contribution >= 4 is 51.0 Å². The van der Waals surface area contributed by atoms with Gasteiger partial charge < -0.3 is 4.57 Å². The van der Waals surface area contributed by atoms with Crippen molar-refractivity contribution in [3.05, 3.63) is 111 Å². The molecule has 1 heterocycles. The molecule has 0 radical (unpaired) electrons. The number of carbonyl (C=O) groups is 1. The van der Waals surface area contributed by atoms with E-state index in [4.69, 9.17) is 23.2 Å². The van der Waals surface area contributed by atoms with E-state index in [0.717, 1.165) is 38.1 Å². The average molecular weight is 584 g/mol. The van der Waals surface area contributed by atoms with E-state index < -0.39 is 22.5 Å². The summed E-state index contributed by atoms with van der Waals surface area (Å²) >= 11 is 12.3. The first-order chi connectivity index (χ1) is 18.5. The van der Waals surface area contributed by atoms with E-state index in [0.29, 0.717) is 0 Å². The van der Waals surface area contributed by atoms with Crippen LogP contribution in [0.4, 0.5) is 5.69 Å². The van der Waals surface area contributed by atoms with Gasteiger partial charge in [-0.05, 0) is 75.2 Å². The molecule has 4 aromatic rings. The molecule has 4 rings (SSSR count). The lowest BCUT2D eigenvalue weighted by Crippen LogP contribution is -2.39. The maximum absolute atomic E-state index is 13.5. The van der Waals surface area contributed by atoms with Gasteiger partial charge in [-0.25, -0.2) is 13.8 Å². The summed E-state index contributed by atoms with van der Waals surface area (Å²) in [5, 5.41) is 4.60.